The first-order valence-electron chi connectivity index (χ1n) is 6.66. The summed E-state index contributed by atoms with van der Waals surface area (Å²) in [7, 11) is 7.82. The van der Waals surface area contributed by atoms with Crippen LogP contribution in [0.25, 0.3) is 0 Å². The van der Waals surface area contributed by atoms with Gasteiger partial charge in [-0.05, 0) is 24.3 Å². The Morgan fingerprint density at radius 2 is 1.14 bits per heavy atom. The van der Waals surface area contributed by atoms with Gasteiger partial charge >= 0.3 is 0 Å². The van der Waals surface area contributed by atoms with E-state index in [9.17, 15) is 0 Å². The van der Waals surface area contributed by atoms with Crippen LogP contribution < -0.4 is 10.6 Å². The molecule has 0 heterocycles. The maximum Gasteiger partial charge on any atom is 0.137 e. The highest BCUT2D eigenvalue weighted by atomic mass is 32.2. The highest BCUT2D eigenvalue weighted by Crippen LogP contribution is 2.16. The molecule has 0 aliphatic carbocycles. The number of hydrogen-bond acceptors (Lipinski definition) is 6. The minimum Gasteiger partial charge on any atom is -0.376 e. The van der Waals surface area contributed by atoms with Crippen LogP contribution in [0.5, 0.6) is 0 Å². The predicted molar refractivity (Wildman–Crippen MR) is 111 cm³/mol. The van der Waals surface area contributed by atoms with Crippen LogP contribution in [-0.2, 0) is 0 Å². The van der Waals surface area contributed by atoms with Crippen LogP contribution in [-0.4, -0.2) is 58.4 Å². The van der Waals surface area contributed by atoms with Crippen LogP contribution in [0.4, 0.5) is 11.4 Å². The zero-order valence-electron chi connectivity index (χ0n) is 13.3. The van der Waals surface area contributed by atoms with Crippen LogP contribution in [0.2, 0.25) is 0 Å². The van der Waals surface area contributed by atoms with Gasteiger partial charge in [0.1, 0.15) is 8.64 Å². The molecule has 1 rings (SSSR count). The number of nitrogens with one attached hydrogen (secondary N) is 2. The van der Waals surface area contributed by atoms with Gasteiger partial charge in [0.05, 0.1) is 11.8 Å². The van der Waals surface area contributed by atoms with E-state index in [0.717, 1.165) is 31.8 Å². The third kappa shape index (κ3) is 7.53. The van der Waals surface area contributed by atoms with E-state index in [-0.39, 0.29) is 0 Å². The third-order valence-electron chi connectivity index (χ3n) is 2.56. The van der Waals surface area contributed by atoms with Crippen molar-refractivity contribution in [3.63, 3.8) is 0 Å². The number of hydrogen-bond donors (Lipinski definition) is 2. The minimum absolute atomic E-state index is 0.761. The summed E-state index contributed by atoms with van der Waals surface area (Å²) in [5, 5.41) is 6.67. The average Bonchev–Trinajstić information content (AvgIpc) is 2.48. The zero-order chi connectivity index (χ0) is 16.5. The number of benzene rings is 1. The topological polar surface area (TPSA) is 30.5 Å². The quantitative estimate of drug-likeness (QED) is 0.577. The maximum atomic E-state index is 5.22. The molecule has 0 aromatic heterocycles. The molecule has 1 aromatic rings. The first kappa shape index (κ1) is 19.3. The van der Waals surface area contributed by atoms with E-state index in [4.69, 9.17) is 24.4 Å². The van der Waals surface area contributed by atoms with E-state index >= 15 is 0 Å². The second kappa shape index (κ2) is 10.1. The van der Waals surface area contributed by atoms with E-state index in [1.165, 1.54) is 0 Å². The van der Waals surface area contributed by atoms with Crippen LogP contribution >= 0.6 is 48.0 Å². The predicted octanol–water partition coefficient (Wildman–Crippen LogP) is 3.58. The van der Waals surface area contributed by atoms with E-state index < -0.39 is 0 Å². The van der Waals surface area contributed by atoms with E-state index in [1.54, 1.807) is 23.5 Å². The molecule has 22 heavy (non-hydrogen) atoms. The molecule has 122 valence electrons. The van der Waals surface area contributed by atoms with Gasteiger partial charge in [-0.2, -0.15) is 0 Å². The van der Waals surface area contributed by atoms with Gasteiger partial charge in [0, 0.05) is 39.6 Å². The summed E-state index contributed by atoms with van der Waals surface area (Å²) in [6.07, 6.45) is 0. The lowest BCUT2D eigenvalue weighted by molar-refractivity contribution is 0.648. The van der Waals surface area contributed by atoms with Gasteiger partial charge in [-0.3, -0.25) is 0 Å². The van der Waals surface area contributed by atoms with Gasteiger partial charge in [-0.15, -0.1) is 0 Å². The molecule has 1 aromatic carbocycles. The van der Waals surface area contributed by atoms with Gasteiger partial charge in [0.15, 0.2) is 0 Å². The van der Waals surface area contributed by atoms with Crippen molar-refractivity contribution in [1.29, 1.82) is 0 Å². The zero-order valence-corrected chi connectivity index (χ0v) is 16.5. The monoisotopic (exact) mass is 374 g/mol. The second-order valence-corrected chi connectivity index (χ2v) is 8.05. The Bertz CT molecular complexity index is 443. The molecule has 0 aliphatic rings. The molecule has 4 nitrogen and oxygen atoms in total. The molecule has 0 amide bonds. The largest absolute Gasteiger partial charge is 0.376 e. The van der Waals surface area contributed by atoms with Crippen molar-refractivity contribution in [3.8, 4) is 0 Å². The molecule has 8 heteroatoms. The van der Waals surface area contributed by atoms with E-state index in [1.807, 2.05) is 38.0 Å². The van der Waals surface area contributed by atoms with E-state index in [0.29, 0.717) is 0 Å². The van der Waals surface area contributed by atoms with Crippen molar-refractivity contribution < 1.29 is 0 Å². The molecule has 0 spiro atoms. The minimum atomic E-state index is 0.761. The van der Waals surface area contributed by atoms with Crippen LogP contribution in [0.3, 0.4) is 0 Å². The number of thiocarbonyl (C=S) groups is 2. The molecule has 0 unspecified atom stereocenters. The number of anilines is 2. The van der Waals surface area contributed by atoms with Crippen molar-refractivity contribution in [3.05, 3.63) is 24.3 Å². The van der Waals surface area contributed by atoms with Gasteiger partial charge in [0.25, 0.3) is 0 Å². The SMILES string of the molecule is CN(C)C(=S)SCNc1ccc(NCSC(=S)N(C)C)cc1. The molecule has 0 radical (unpaired) electrons. The first-order chi connectivity index (χ1) is 10.4. The van der Waals surface area contributed by atoms with Crippen molar-refractivity contribution in [2.75, 3.05) is 50.6 Å². The summed E-state index contributed by atoms with van der Waals surface area (Å²) in [5.74, 6) is 1.52. The van der Waals surface area contributed by atoms with Crippen molar-refractivity contribution in [2.24, 2.45) is 0 Å². The molecule has 2 N–H and O–H groups in total. The summed E-state index contributed by atoms with van der Waals surface area (Å²) in [5.41, 5.74) is 2.16. The molecule has 0 saturated carbocycles. The van der Waals surface area contributed by atoms with Crippen molar-refractivity contribution in [1.82, 2.24) is 9.80 Å². The van der Waals surface area contributed by atoms with Gasteiger partial charge in [0.2, 0.25) is 0 Å². The van der Waals surface area contributed by atoms with Crippen molar-refractivity contribution in [2.45, 2.75) is 0 Å². The number of nitrogens with zero attached hydrogens (tertiary/aromatic N) is 2. The van der Waals surface area contributed by atoms with Gasteiger partial charge in [-0.25, -0.2) is 0 Å². The fraction of sp³-hybridized carbons (Fsp3) is 0.429. The summed E-state index contributed by atoms with van der Waals surface area (Å²) in [6.45, 7) is 0. The molecule has 0 fully saturated rings. The van der Waals surface area contributed by atoms with Crippen LogP contribution in [0.1, 0.15) is 0 Å². The normalized spacial score (nSPS) is 10.0. The highest BCUT2D eigenvalue weighted by Gasteiger charge is 2.01. The Morgan fingerprint density at radius 3 is 1.41 bits per heavy atom. The lowest BCUT2D eigenvalue weighted by Crippen LogP contribution is -2.17. The Labute approximate surface area is 152 Å². The molecular formula is C14H22N4S4. The summed E-state index contributed by atoms with van der Waals surface area (Å²) in [6, 6.07) is 8.21. The summed E-state index contributed by atoms with van der Waals surface area (Å²) < 4.78 is 1.75. The molecule has 0 aliphatic heterocycles. The molecule has 0 atom stereocenters. The Hall–Kier alpha value is -0.700. The first-order valence-corrected chi connectivity index (χ1v) is 9.45. The maximum absolute atomic E-state index is 5.22. The van der Waals surface area contributed by atoms with Crippen molar-refractivity contribution >= 4 is 68.0 Å². The smallest absolute Gasteiger partial charge is 0.137 e. The lowest BCUT2D eigenvalue weighted by atomic mass is 10.3. The average molecular weight is 375 g/mol. The second-order valence-electron chi connectivity index (χ2n) is 4.83. The Balaban J connectivity index is 2.31. The lowest BCUT2D eigenvalue weighted by Gasteiger charge is -2.14. The highest BCUT2D eigenvalue weighted by molar-refractivity contribution is 8.23. The molecule has 0 saturated heterocycles. The van der Waals surface area contributed by atoms with E-state index in [2.05, 4.69) is 34.9 Å². The summed E-state index contributed by atoms with van der Waals surface area (Å²) >= 11 is 13.7. The third-order valence-corrected chi connectivity index (χ3v) is 5.80. The Kier molecular flexibility index (Phi) is 8.92. The number of rotatable bonds is 6. The molecular weight excluding hydrogens is 352 g/mol. The van der Waals surface area contributed by atoms with Gasteiger partial charge in [-0.1, -0.05) is 48.0 Å². The molecule has 0 bridgehead atoms. The fourth-order valence-electron chi connectivity index (χ4n) is 1.33. The summed E-state index contributed by atoms with van der Waals surface area (Å²) in [4.78, 5) is 3.87. The Morgan fingerprint density at radius 1 is 0.818 bits per heavy atom. The van der Waals surface area contributed by atoms with Crippen LogP contribution in [0.15, 0.2) is 24.3 Å². The number of thioether (sulfide) groups is 2. The standard InChI is InChI=1S/C14H22N4S4/c1-17(2)13(19)21-9-15-11-5-7-12(8-6-11)16-10-22-14(20)18(3)4/h5-8,15-16H,9-10H2,1-4H3. The van der Waals surface area contributed by atoms with Gasteiger partial charge < -0.3 is 20.4 Å². The van der Waals surface area contributed by atoms with Crippen LogP contribution in [0, 0.1) is 0 Å². The fourth-order valence-corrected chi connectivity index (χ4v) is 2.92.